The Morgan fingerprint density at radius 1 is 1.15 bits per heavy atom. The highest BCUT2D eigenvalue weighted by Gasteiger charge is 2.39. The summed E-state index contributed by atoms with van der Waals surface area (Å²) in [4.78, 5) is 21.4. The molecule has 13 heteroatoms. The number of hydrogen-bond donors (Lipinski definition) is 3. The first-order valence-corrected chi connectivity index (χ1v) is 16.2. The van der Waals surface area contributed by atoms with Crippen LogP contribution in [-0.2, 0) is 26.5 Å². The maximum Gasteiger partial charge on any atom is 0.309 e. The van der Waals surface area contributed by atoms with Crippen molar-refractivity contribution in [2.24, 2.45) is 5.41 Å². The molecule has 0 radical (unpaired) electrons. The van der Waals surface area contributed by atoms with Crippen molar-refractivity contribution in [2.45, 2.75) is 43.9 Å². The Balaban J connectivity index is 1.38. The first-order valence-electron chi connectivity index (χ1n) is 14.3. The van der Waals surface area contributed by atoms with Gasteiger partial charge in [0, 0.05) is 40.7 Å². The Morgan fingerprint density at radius 2 is 1.91 bits per heavy atom. The summed E-state index contributed by atoms with van der Waals surface area (Å²) >= 11 is 0. The first kappa shape index (κ1) is 31.2. The smallest absolute Gasteiger partial charge is 0.309 e. The molecular formula is C33H30F3N3O6S. The van der Waals surface area contributed by atoms with Crippen LogP contribution in [0.2, 0.25) is 0 Å². The van der Waals surface area contributed by atoms with Crippen molar-refractivity contribution in [3.63, 3.8) is 0 Å². The van der Waals surface area contributed by atoms with Crippen LogP contribution >= 0.6 is 0 Å². The summed E-state index contributed by atoms with van der Waals surface area (Å²) < 4.78 is 82.3. The third kappa shape index (κ3) is 5.17. The minimum atomic E-state index is -4.10. The summed E-state index contributed by atoms with van der Waals surface area (Å²) in [5.74, 6) is -4.75. The molecule has 9 nitrogen and oxygen atoms in total. The molecule has 0 saturated heterocycles. The number of nitrogens with zero attached hydrogens (tertiary/aromatic N) is 1. The first-order chi connectivity index (χ1) is 21.6. The van der Waals surface area contributed by atoms with Crippen molar-refractivity contribution in [3.05, 3.63) is 89.1 Å². The molecule has 0 amide bonds. The second-order valence-electron chi connectivity index (χ2n) is 12.3. The molecule has 6 rings (SSSR count). The monoisotopic (exact) mass is 653 g/mol. The van der Waals surface area contributed by atoms with Gasteiger partial charge in [0.25, 0.3) is 0 Å². The van der Waals surface area contributed by atoms with Crippen molar-refractivity contribution >= 4 is 26.7 Å². The minimum absolute atomic E-state index is 0.0545. The number of rotatable bonds is 8. The number of aliphatic carboxylic acids is 1. The topological polar surface area (TPSA) is 134 Å². The molecule has 3 N–H and O–H groups in total. The number of carboxylic acids is 1. The predicted molar refractivity (Wildman–Crippen MR) is 164 cm³/mol. The van der Waals surface area contributed by atoms with Gasteiger partial charge in [0.2, 0.25) is 5.82 Å². The van der Waals surface area contributed by atoms with E-state index in [1.54, 1.807) is 20.0 Å². The maximum absolute atomic E-state index is 15.2. The lowest BCUT2D eigenvalue weighted by Gasteiger charge is -2.36. The van der Waals surface area contributed by atoms with Crippen LogP contribution in [0.3, 0.4) is 0 Å². The number of aromatic amines is 2. The van der Waals surface area contributed by atoms with Crippen LogP contribution in [0.15, 0.2) is 59.8 Å². The molecule has 240 valence electrons. The second-order valence-corrected chi connectivity index (χ2v) is 14.3. The van der Waals surface area contributed by atoms with Crippen molar-refractivity contribution in [2.75, 3.05) is 12.9 Å². The lowest BCUT2D eigenvalue weighted by Crippen LogP contribution is -2.33. The summed E-state index contributed by atoms with van der Waals surface area (Å²) in [6.45, 7) is 5.62. The zero-order valence-corrected chi connectivity index (χ0v) is 26.1. The average Bonchev–Trinajstić information content (AvgIpc) is 3.67. The van der Waals surface area contributed by atoms with Crippen LogP contribution < -0.4 is 9.47 Å². The van der Waals surface area contributed by atoms with Gasteiger partial charge >= 0.3 is 5.97 Å². The van der Waals surface area contributed by atoms with E-state index in [1.807, 2.05) is 25.1 Å². The van der Waals surface area contributed by atoms with Gasteiger partial charge < -0.3 is 24.5 Å². The summed E-state index contributed by atoms with van der Waals surface area (Å²) in [5.41, 5.74) is 0.136. The predicted octanol–water partition coefficient (Wildman–Crippen LogP) is 6.91. The van der Waals surface area contributed by atoms with Crippen LogP contribution in [0.25, 0.3) is 22.3 Å². The number of sulfone groups is 1. The fourth-order valence-corrected chi connectivity index (χ4v) is 6.93. The second kappa shape index (κ2) is 10.9. The third-order valence-electron chi connectivity index (χ3n) is 8.51. The number of nitrogens with one attached hydrogen (secondary N) is 2. The molecule has 1 aliphatic heterocycles. The normalized spacial score (nSPS) is 16.7. The van der Waals surface area contributed by atoms with Gasteiger partial charge in [0.15, 0.2) is 21.4 Å². The van der Waals surface area contributed by atoms with Gasteiger partial charge in [0.1, 0.15) is 28.0 Å². The van der Waals surface area contributed by atoms with E-state index in [0.717, 1.165) is 23.4 Å². The van der Waals surface area contributed by atoms with Gasteiger partial charge in [-0.25, -0.2) is 22.2 Å². The van der Waals surface area contributed by atoms with Crippen molar-refractivity contribution in [3.8, 4) is 28.6 Å². The van der Waals surface area contributed by atoms with Crippen molar-refractivity contribution < 1.29 is 41.0 Å². The number of carbonyl (C=O) groups is 1. The number of fused-ring (bicyclic) bond motifs is 2. The number of H-pyrrole nitrogens is 2. The Kier molecular flexibility index (Phi) is 7.42. The Hall–Kier alpha value is -4.78. The lowest BCUT2D eigenvalue weighted by molar-refractivity contribution is -0.146. The van der Waals surface area contributed by atoms with Crippen LogP contribution in [0.5, 0.6) is 17.2 Å². The number of ether oxygens (including phenoxy) is 2. The molecule has 3 heterocycles. The highest BCUT2D eigenvalue weighted by Crippen LogP contribution is 2.46. The molecule has 1 atom stereocenters. The molecular weight excluding hydrogens is 623 g/mol. The molecule has 0 unspecified atom stereocenters. The van der Waals surface area contributed by atoms with Gasteiger partial charge in [-0.1, -0.05) is 18.2 Å². The van der Waals surface area contributed by atoms with Gasteiger partial charge in [-0.3, -0.25) is 4.79 Å². The van der Waals surface area contributed by atoms with E-state index in [4.69, 9.17) is 9.47 Å². The molecule has 0 bridgehead atoms. The van der Waals surface area contributed by atoms with E-state index >= 15 is 8.78 Å². The van der Waals surface area contributed by atoms with Gasteiger partial charge in [-0.05, 0) is 63.4 Å². The molecule has 0 saturated carbocycles. The molecule has 0 spiro atoms. The number of carboxylic acid groups (broad SMARTS) is 1. The Labute approximate surface area is 262 Å². The lowest BCUT2D eigenvalue weighted by atomic mass is 9.73. The number of imidazole rings is 1. The van der Waals surface area contributed by atoms with Gasteiger partial charge in [-0.2, -0.15) is 4.39 Å². The largest absolute Gasteiger partial charge is 0.493 e. The van der Waals surface area contributed by atoms with Crippen LogP contribution in [0.1, 0.15) is 44.0 Å². The molecule has 2 aromatic heterocycles. The van der Waals surface area contributed by atoms with Gasteiger partial charge in [-0.15, -0.1) is 0 Å². The van der Waals surface area contributed by atoms with Gasteiger partial charge in [0.05, 0.1) is 23.1 Å². The summed E-state index contributed by atoms with van der Waals surface area (Å²) in [6.07, 6.45) is 4.49. The Morgan fingerprint density at radius 3 is 2.63 bits per heavy atom. The fourth-order valence-electron chi connectivity index (χ4n) is 5.89. The SMILES string of the molecule is CC(C)(Cc1cccc2c1OCC[C@]2(C)c1cnc(-c2cc(Oc3c(F)c(F)c4[nH]ccc4c3S(C)(=O)=O)ccc2F)[nH]1)C(=O)O. The van der Waals surface area contributed by atoms with Crippen LogP contribution in [0.4, 0.5) is 13.2 Å². The van der Waals surface area contributed by atoms with Crippen molar-refractivity contribution in [1.29, 1.82) is 0 Å². The third-order valence-corrected chi connectivity index (χ3v) is 9.66. The minimum Gasteiger partial charge on any atom is -0.493 e. The number of benzene rings is 3. The molecule has 0 aliphatic carbocycles. The zero-order chi connectivity index (χ0) is 33.2. The number of hydrogen-bond acceptors (Lipinski definition) is 6. The van der Waals surface area contributed by atoms with Crippen molar-refractivity contribution in [1.82, 2.24) is 15.0 Å². The highest BCUT2D eigenvalue weighted by molar-refractivity contribution is 7.91. The molecule has 46 heavy (non-hydrogen) atoms. The number of para-hydroxylation sites is 1. The van der Waals surface area contributed by atoms with Crippen LogP contribution in [0, 0.1) is 22.9 Å². The Bertz CT molecular complexity index is 2140. The summed E-state index contributed by atoms with van der Waals surface area (Å²) in [6, 6.07) is 10.3. The van der Waals surface area contributed by atoms with E-state index in [2.05, 4.69) is 15.0 Å². The average molecular weight is 654 g/mol. The van der Waals surface area contributed by atoms with E-state index in [-0.39, 0.29) is 34.5 Å². The zero-order valence-electron chi connectivity index (χ0n) is 25.3. The number of aromatic nitrogens is 3. The fraction of sp³-hybridized carbons (Fsp3) is 0.273. The van der Waals surface area contributed by atoms with E-state index in [1.165, 1.54) is 24.4 Å². The summed E-state index contributed by atoms with van der Waals surface area (Å²) in [7, 11) is -4.10. The van der Waals surface area contributed by atoms with Crippen LogP contribution in [-0.4, -0.2) is 47.3 Å². The quantitative estimate of drug-likeness (QED) is 0.155. The van der Waals surface area contributed by atoms with E-state index in [0.29, 0.717) is 24.5 Å². The molecule has 0 fully saturated rings. The van der Waals surface area contributed by atoms with E-state index < -0.39 is 54.7 Å². The summed E-state index contributed by atoms with van der Waals surface area (Å²) in [5, 5.41) is 9.59. The standard InChI is InChI=1S/C33H30F3N3O6S/c1-32(2,31(40)41)15-17-6-5-7-21-27(17)44-13-11-33(21,3)23-16-38-30(39-23)20-14-18(8-9-22(20)34)45-28-25(36)24(35)26-19(10-12-37-26)29(28)46(4,42)43/h5-10,12,14,16,37H,11,13,15H2,1-4H3,(H,38,39)(H,40,41)/t33-/m0/s1. The highest BCUT2D eigenvalue weighted by atomic mass is 32.2. The number of halogens is 3. The molecule has 3 aromatic carbocycles. The molecule has 1 aliphatic rings. The molecule has 5 aromatic rings. The van der Waals surface area contributed by atoms with E-state index in [9.17, 15) is 22.7 Å². The maximum atomic E-state index is 15.2.